The summed E-state index contributed by atoms with van der Waals surface area (Å²) in [7, 11) is 0. The summed E-state index contributed by atoms with van der Waals surface area (Å²) in [5.41, 5.74) is 0. The molecular weight excluding hydrogens is 156 g/mol. The molecular formula is C9H20O3. The smallest absolute Gasteiger partial charge is 0.157 e. The van der Waals surface area contributed by atoms with Gasteiger partial charge in [-0.1, -0.05) is 13.8 Å². The van der Waals surface area contributed by atoms with Gasteiger partial charge in [0.1, 0.15) is 0 Å². The molecule has 2 unspecified atom stereocenters. The average Bonchev–Trinajstić information content (AvgIpc) is 2.05. The van der Waals surface area contributed by atoms with Crippen LogP contribution in [0.5, 0.6) is 0 Å². The van der Waals surface area contributed by atoms with Crippen LogP contribution in [0.25, 0.3) is 0 Å². The van der Waals surface area contributed by atoms with Crippen molar-refractivity contribution >= 4 is 0 Å². The molecule has 0 aromatic carbocycles. The summed E-state index contributed by atoms with van der Waals surface area (Å²) in [6.07, 6.45) is 1.25. The Bertz CT molecular complexity index is 93.8. The lowest BCUT2D eigenvalue weighted by Gasteiger charge is -2.17. The largest absolute Gasteiger partial charge is 0.391 e. The molecule has 0 aliphatic rings. The van der Waals surface area contributed by atoms with Gasteiger partial charge in [-0.15, -0.1) is 0 Å². The number of hydrogen-bond donors (Lipinski definition) is 1. The third-order valence-electron chi connectivity index (χ3n) is 1.36. The van der Waals surface area contributed by atoms with Crippen molar-refractivity contribution in [3.63, 3.8) is 0 Å². The number of aliphatic hydroxyl groups excluding tert-OH is 1. The van der Waals surface area contributed by atoms with Gasteiger partial charge >= 0.3 is 0 Å². The Hall–Kier alpha value is -0.120. The molecule has 0 amide bonds. The predicted octanol–water partition coefficient (Wildman–Crippen LogP) is 1.55. The molecule has 0 aliphatic heterocycles. The minimum Gasteiger partial charge on any atom is -0.391 e. The summed E-state index contributed by atoms with van der Waals surface area (Å²) < 4.78 is 10.6. The molecule has 3 heteroatoms. The molecule has 3 nitrogen and oxygen atoms in total. The van der Waals surface area contributed by atoms with Gasteiger partial charge in [0.15, 0.2) is 6.29 Å². The standard InChI is InChI=1S/C9H20O3/c1-4-6-11-9(5-2)12-7-8(3)10/h8-10H,4-7H2,1-3H3. The van der Waals surface area contributed by atoms with Gasteiger partial charge in [-0.05, 0) is 19.8 Å². The number of rotatable bonds is 7. The van der Waals surface area contributed by atoms with Crippen LogP contribution in [0.1, 0.15) is 33.6 Å². The van der Waals surface area contributed by atoms with Crippen LogP contribution in [0.3, 0.4) is 0 Å². The molecule has 0 saturated carbocycles. The highest BCUT2D eigenvalue weighted by atomic mass is 16.7. The molecule has 0 saturated heterocycles. The summed E-state index contributed by atoms with van der Waals surface area (Å²) in [5.74, 6) is 0. The maximum atomic E-state index is 8.94. The zero-order valence-electron chi connectivity index (χ0n) is 8.25. The zero-order valence-corrected chi connectivity index (χ0v) is 8.25. The third kappa shape index (κ3) is 6.58. The van der Waals surface area contributed by atoms with Crippen LogP contribution < -0.4 is 0 Å². The summed E-state index contributed by atoms with van der Waals surface area (Å²) in [6, 6.07) is 0. The first-order valence-corrected chi connectivity index (χ1v) is 4.62. The van der Waals surface area contributed by atoms with E-state index in [1.54, 1.807) is 6.92 Å². The van der Waals surface area contributed by atoms with Crippen molar-refractivity contribution in [1.82, 2.24) is 0 Å². The van der Waals surface area contributed by atoms with E-state index in [-0.39, 0.29) is 6.29 Å². The van der Waals surface area contributed by atoms with Crippen LogP contribution >= 0.6 is 0 Å². The average molecular weight is 176 g/mol. The highest BCUT2D eigenvalue weighted by molar-refractivity contribution is 4.45. The molecule has 12 heavy (non-hydrogen) atoms. The molecule has 0 bridgehead atoms. The van der Waals surface area contributed by atoms with E-state index in [0.717, 1.165) is 19.4 Å². The number of aliphatic hydroxyl groups is 1. The van der Waals surface area contributed by atoms with Crippen LogP contribution in [0.15, 0.2) is 0 Å². The van der Waals surface area contributed by atoms with Gasteiger partial charge in [0.2, 0.25) is 0 Å². The maximum absolute atomic E-state index is 8.94. The summed E-state index contributed by atoms with van der Waals surface area (Å²) in [4.78, 5) is 0. The molecule has 0 aliphatic carbocycles. The van der Waals surface area contributed by atoms with Crippen LogP contribution in [0, 0.1) is 0 Å². The normalized spacial score (nSPS) is 16.0. The zero-order chi connectivity index (χ0) is 9.40. The Morgan fingerprint density at radius 3 is 2.33 bits per heavy atom. The Labute approximate surface area is 74.7 Å². The van der Waals surface area contributed by atoms with E-state index < -0.39 is 6.10 Å². The topological polar surface area (TPSA) is 38.7 Å². The van der Waals surface area contributed by atoms with E-state index in [1.807, 2.05) is 6.92 Å². The van der Waals surface area contributed by atoms with Crippen molar-refractivity contribution in [2.24, 2.45) is 0 Å². The fraction of sp³-hybridized carbons (Fsp3) is 1.00. The van der Waals surface area contributed by atoms with Crippen LogP contribution in [0.2, 0.25) is 0 Å². The molecule has 2 atom stereocenters. The van der Waals surface area contributed by atoms with E-state index >= 15 is 0 Å². The molecule has 0 fully saturated rings. The van der Waals surface area contributed by atoms with E-state index in [4.69, 9.17) is 14.6 Å². The van der Waals surface area contributed by atoms with Crippen molar-refractivity contribution < 1.29 is 14.6 Å². The summed E-state index contributed by atoms with van der Waals surface area (Å²) >= 11 is 0. The van der Waals surface area contributed by atoms with Crippen molar-refractivity contribution in [3.8, 4) is 0 Å². The van der Waals surface area contributed by atoms with Crippen LogP contribution in [-0.4, -0.2) is 30.7 Å². The SMILES string of the molecule is CCCOC(CC)OCC(C)O. The van der Waals surface area contributed by atoms with Crippen LogP contribution in [-0.2, 0) is 9.47 Å². The minimum atomic E-state index is -0.413. The molecule has 1 N–H and O–H groups in total. The van der Waals surface area contributed by atoms with Gasteiger partial charge in [-0.2, -0.15) is 0 Å². The lowest BCUT2D eigenvalue weighted by Crippen LogP contribution is -2.22. The third-order valence-corrected chi connectivity index (χ3v) is 1.36. The van der Waals surface area contributed by atoms with Crippen molar-refractivity contribution in [1.29, 1.82) is 0 Å². The fourth-order valence-electron chi connectivity index (χ4n) is 0.780. The van der Waals surface area contributed by atoms with E-state index in [9.17, 15) is 0 Å². The quantitative estimate of drug-likeness (QED) is 0.598. The van der Waals surface area contributed by atoms with E-state index in [0.29, 0.717) is 6.61 Å². The Balaban J connectivity index is 3.39. The van der Waals surface area contributed by atoms with Crippen molar-refractivity contribution in [3.05, 3.63) is 0 Å². The van der Waals surface area contributed by atoms with Crippen LogP contribution in [0.4, 0.5) is 0 Å². The minimum absolute atomic E-state index is 0.153. The van der Waals surface area contributed by atoms with Crippen molar-refractivity contribution in [2.75, 3.05) is 13.2 Å². The Kier molecular flexibility index (Phi) is 7.45. The molecule has 74 valence electrons. The second kappa shape index (κ2) is 7.53. The second-order valence-corrected chi connectivity index (χ2v) is 2.89. The molecule has 0 radical (unpaired) electrons. The molecule has 0 rings (SSSR count). The Morgan fingerprint density at radius 2 is 1.92 bits per heavy atom. The summed E-state index contributed by atoms with van der Waals surface area (Å²) in [5, 5.41) is 8.94. The summed E-state index contributed by atoms with van der Waals surface area (Å²) in [6.45, 7) is 6.83. The molecule has 0 aromatic rings. The number of ether oxygens (including phenoxy) is 2. The molecule has 0 spiro atoms. The van der Waals surface area contributed by atoms with Gasteiger partial charge in [0.05, 0.1) is 12.7 Å². The lowest BCUT2D eigenvalue weighted by molar-refractivity contribution is -0.156. The highest BCUT2D eigenvalue weighted by Gasteiger charge is 2.06. The highest BCUT2D eigenvalue weighted by Crippen LogP contribution is 2.01. The predicted molar refractivity (Wildman–Crippen MR) is 48.0 cm³/mol. The lowest BCUT2D eigenvalue weighted by atomic mass is 10.4. The maximum Gasteiger partial charge on any atom is 0.157 e. The number of hydrogen-bond acceptors (Lipinski definition) is 3. The van der Waals surface area contributed by atoms with Gasteiger partial charge in [-0.25, -0.2) is 0 Å². The molecule has 0 heterocycles. The second-order valence-electron chi connectivity index (χ2n) is 2.89. The first-order chi connectivity index (χ1) is 5.70. The molecule has 0 aromatic heterocycles. The fourth-order valence-corrected chi connectivity index (χ4v) is 0.780. The Morgan fingerprint density at radius 1 is 1.25 bits per heavy atom. The van der Waals surface area contributed by atoms with Crippen molar-refractivity contribution in [2.45, 2.75) is 46.0 Å². The van der Waals surface area contributed by atoms with Gasteiger partial charge in [0.25, 0.3) is 0 Å². The van der Waals surface area contributed by atoms with E-state index in [2.05, 4.69) is 6.92 Å². The van der Waals surface area contributed by atoms with Gasteiger partial charge in [-0.3, -0.25) is 0 Å². The first-order valence-electron chi connectivity index (χ1n) is 4.62. The van der Waals surface area contributed by atoms with Gasteiger partial charge in [0, 0.05) is 6.61 Å². The first kappa shape index (κ1) is 11.9. The van der Waals surface area contributed by atoms with E-state index in [1.165, 1.54) is 0 Å². The monoisotopic (exact) mass is 176 g/mol. The van der Waals surface area contributed by atoms with Gasteiger partial charge < -0.3 is 14.6 Å².